The van der Waals surface area contributed by atoms with Gasteiger partial charge in [0.1, 0.15) is 11.9 Å². The highest BCUT2D eigenvalue weighted by Gasteiger charge is 2.33. The van der Waals surface area contributed by atoms with Gasteiger partial charge in [-0.15, -0.1) is 0 Å². The van der Waals surface area contributed by atoms with Gasteiger partial charge in [0, 0.05) is 17.1 Å². The molecule has 1 aromatic heterocycles. The van der Waals surface area contributed by atoms with E-state index in [4.69, 9.17) is 9.47 Å². The highest BCUT2D eigenvalue weighted by Crippen LogP contribution is 2.35. The number of ether oxygens (including phenoxy) is 2. The summed E-state index contributed by atoms with van der Waals surface area (Å²) in [5, 5.41) is 0. The van der Waals surface area contributed by atoms with E-state index < -0.39 is 18.5 Å². The third-order valence-electron chi connectivity index (χ3n) is 6.30. The molecule has 0 bridgehead atoms. The number of halogens is 1. The lowest BCUT2D eigenvalue weighted by atomic mass is 9.75. The predicted molar refractivity (Wildman–Crippen MR) is 117 cm³/mol. The lowest BCUT2D eigenvalue weighted by molar-refractivity contribution is -0.159. The van der Waals surface area contributed by atoms with Crippen LogP contribution in [0.1, 0.15) is 61.8 Å². The lowest BCUT2D eigenvalue weighted by Gasteiger charge is -2.36. The van der Waals surface area contributed by atoms with E-state index >= 15 is 0 Å². The second kappa shape index (κ2) is 9.67. The topological polar surface area (TPSA) is 57.5 Å². The molecule has 0 radical (unpaired) electrons. The van der Waals surface area contributed by atoms with Crippen LogP contribution >= 0.6 is 0 Å². The van der Waals surface area contributed by atoms with Gasteiger partial charge in [0.25, 0.3) is 0 Å². The average Bonchev–Trinajstić information content (AvgIpc) is 3.01. The van der Waals surface area contributed by atoms with Crippen LogP contribution in [0.25, 0.3) is 5.69 Å². The lowest BCUT2D eigenvalue weighted by Crippen LogP contribution is -2.36. The van der Waals surface area contributed by atoms with Crippen LogP contribution in [0.3, 0.4) is 0 Å². The Labute approximate surface area is 183 Å². The zero-order chi connectivity index (χ0) is 22.7. The Morgan fingerprint density at radius 3 is 2.48 bits per heavy atom. The largest absolute Gasteiger partial charge is 0.460 e. The van der Waals surface area contributed by atoms with E-state index in [9.17, 15) is 14.0 Å². The number of hydrogen-bond donors (Lipinski definition) is 0. The van der Waals surface area contributed by atoms with Gasteiger partial charge in [0.05, 0.1) is 5.56 Å². The van der Waals surface area contributed by atoms with Gasteiger partial charge >= 0.3 is 11.9 Å². The van der Waals surface area contributed by atoms with Gasteiger partial charge in [-0.05, 0) is 74.8 Å². The molecule has 1 aromatic carbocycles. The molecule has 6 heteroatoms. The van der Waals surface area contributed by atoms with Crippen molar-refractivity contribution < 1.29 is 23.5 Å². The number of nitrogens with zero attached hydrogens (tertiary/aromatic N) is 1. The van der Waals surface area contributed by atoms with Gasteiger partial charge in [-0.2, -0.15) is 0 Å². The van der Waals surface area contributed by atoms with Crippen molar-refractivity contribution in [2.45, 2.75) is 60.0 Å². The first-order chi connectivity index (χ1) is 14.7. The fourth-order valence-corrected chi connectivity index (χ4v) is 4.61. The Morgan fingerprint density at radius 2 is 1.84 bits per heavy atom. The Balaban J connectivity index is 1.63. The van der Waals surface area contributed by atoms with Crippen molar-refractivity contribution in [1.29, 1.82) is 0 Å². The summed E-state index contributed by atoms with van der Waals surface area (Å²) >= 11 is 0. The number of hydrogen-bond acceptors (Lipinski definition) is 4. The van der Waals surface area contributed by atoms with Crippen molar-refractivity contribution in [2.24, 2.45) is 17.8 Å². The Hall–Kier alpha value is -2.63. The number of rotatable bonds is 6. The maximum atomic E-state index is 13.2. The van der Waals surface area contributed by atoms with Gasteiger partial charge < -0.3 is 14.0 Å². The summed E-state index contributed by atoms with van der Waals surface area (Å²) in [6.45, 7) is 9.72. The van der Waals surface area contributed by atoms with Crippen molar-refractivity contribution in [3.8, 4) is 5.69 Å². The minimum Gasteiger partial charge on any atom is -0.460 e. The number of carbonyl (C=O) groups excluding carboxylic acids is 2. The average molecular weight is 430 g/mol. The third kappa shape index (κ3) is 5.35. The minimum absolute atomic E-state index is 0.126. The molecule has 168 valence electrons. The molecule has 1 heterocycles. The Morgan fingerprint density at radius 1 is 1.16 bits per heavy atom. The summed E-state index contributed by atoms with van der Waals surface area (Å²) in [5.74, 6) is -0.111. The maximum Gasteiger partial charge on any atom is 0.344 e. The zero-order valence-corrected chi connectivity index (χ0v) is 19.0. The van der Waals surface area contributed by atoms with E-state index in [2.05, 4.69) is 20.8 Å². The molecule has 2 aromatic rings. The standard InChI is InChI=1S/C25H32FNO4/c1-15(2)21-11-6-16(3)12-23(21)31-24(28)14-30-25(29)22-13-17(4)27(18(22)5)20-9-7-19(26)8-10-20/h7-10,13,15-16,21,23H,6,11-12,14H2,1-5H3. The number of aromatic nitrogens is 1. The molecule has 1 aliphatic rings. The van der Waals surface area contributed by atoms with Crippen LogP contribution in [-0.4, -0.2) is 29.2 Å². The maximum absolute atomic E-state index is 13.2. The van der Waals surface area contributed by atoms with Crippen molar-refractivity contribution >= 4 is 11.9 Å². The molecular weight excluding hydrogens is 397 g/mol. The van der Waals surface area contributed by atoms with Crippen molar-refractivity contribution in [1.82, 2.24) is 4.57 Å². The molecule has 3 atom stereocenters. The normalized spacial score (nSPS) is 21.2. The zero-order valence-electron chi connectivity index (χ0n) is 19.0. The molecule has 1 saturated carbocycles. The molecule has 0 amide bonds. The summed E-state index contributed by atoms with van der Waals surface area (Å²) in [6.07, 6.45) is 2.92. The molecule has 0 spiro atoms. The predicted octanol–water partition coefficient (Wildman–Crippen LogP) is 5.39. The molecule has 0 N–H and O–H groups in total. The molecule has 1 fully saturated rings. The highest BCUT2D eigenvalue weighted by atomic mass is 19.1. The van der Waals surface area contributed by atoms with Crippen LogP contribution in [0, 0.1) is 37.4 Å². The summed E-state index contributed by atoms with van der Waals surface area (Å²) < 4.78 is 26.1. The molecule has 0 saturated heterocycles. The van der Waals surface area contributed by atoms with Crippen LogP contribution in [0.4, 0.5) is 4.39 Å². The molecule has 5 nitrogen and oxygen atoms in total. The van der Waals surface area contributed by atoms with Crippen LogP contribution in [0.15, 0.2) is 30.3 Å². The van der Waals surface area contributed by atoms with Crippen molar-refractivity contribution in [3.63, 3.8) is 0 Å². The molecule has 1 aliphatic carbocycles. The van der Waals surface area contributed by atoms with Gasteiger partial charge in [0.2, 0.25) is 0 Å². The van der Waals surface area contributed by atoms with E-state index in [1.54, 1.807) is 25.1 Å². The quantitative estimate of drug-likeness (QED) is 0.578. The minimum atomic E-state index is -0.573. The van der Waals surface area contributed by atoms with Gasteiger partial charge in [-0.1, -0.05) is 27.2 Å². The SMILES string of the molecule is Cc1cc(C(=O)OCC(=O)OC2CC(C)CCC2C(C)C)c(C)n1-c1ccc(F)cc1. The first-order valence-electron chi connectivity index (χ1n) is 11.0. The van der Waals surface area contributed by atoms with Crippen LogP contribution in [0.5, 0.6) is 0 Å². The monoisotopic (exact) mass is 429 g/mol. The fourth-order valence-electron chi connectivity index (χ4n) is 4.61. The number of benzene rings is 1. The summed E-state index contributed by atoms with van der Waals surface area (Å²) in [4.78, 5) is 25.0. The Kier molecular flexibility index (Phi) is 7.19. The number of carbonyl (C=O) groups is 2. The van der Waals surface area contributed by atoms with Crippen LogP contribution in [0.2, 0.25) is 0 Å². The van der Waals surface area contributed by atoms with E-state index in [-0.39, 0.29) is 11.9 Å². The highest BCUT2D eigenvalue weighted by molar-refractivity contribution is 5.92. The van der Waals surface area contributed by atoms with Gasteiger partial charge in [-0.3, -0.25) is 0 Å². The smallest absolute Gasteiger partial charge is 0.344 e. The Bertz CT molecular complexity index is 932. The summed E-state index contributed by atoms with van der Waals surface area (Å²) in [6, 6.07) is 7.76. The molecule has 3 rings (SSSR count). The van der Waals surface area contributed by atoms with Crippen molar-refractivity contribution in [3.05, 3.63) is 53.1 Å². The molecule has 31 heavy (non-hydrogen) atoms. The second-order valence-electron chi connectivity index (χ2n) is 9.03. The third-order valence-corrected chi connectivity index (χ3v) is 6.30. The van der Waals surface area contributed by atoms with E-state index in [0.717, 1.165) is 30.6 Å². The summed E-state index contributed by atoms with van der Waals surface area (Å²) in [5.41, 5.74) is 2.61. The fraction of sp³-hybridized carbons (Fsp3) is 0.520. The van der Waals surface area contributed by atoms with Gasteiger partial charge in [0.15, 0.2) is 6.61 Å². The molecule has 0 aliphatic heterocycles. The van der Waals surface area contributed by atoms with E-state index in [1.807, 2.05) is 11.5 Å². The number of esters is 2. The molecule has 3 unspecified atom stereocenters. The van der Waals surface area contributed by atoms with Crippen LogP contribution < -0.4 is 0 Å². The number of aryl methyl sites for hydroxylation is 1. The first kappa shape index (κ1) is 23.0. The van der Waals surface area contributed by atoms with Crippen LogP contribution in [-0.2, 0) is 14.3 Å². The van der Waals surface area contributed by atoms with Gasteiger partial charge in [-0.25, -0.2) is 14.0 Å². The summed E-state index contributed by atoms with van der Waals surface area (Å²) in [7, 11) is 0. The molecular formula is C25H32FNO4. The van der Waals surface area contributed by atoms with E-state index in [0.29, 0.717) is 29.0 Å². The van der Waals surface area contributed by atoms with E-state index in [1.165, 1.54) is 12.1 Å². The first-order valence-corrected chi connectivity index (χ1v) is 11.0. The second-order valence-corrected chi connectivity index (χ2v) is 9.03. The van der Waals surface area contributed by atoms with Crippen molar-refractivity contribution in [2.75, 3.05) is 6.61 Å².